The number of piperazine rings is 3. The number of allylic oxidation sites excluding steroid dienone is 1. The summed E-state index contributed by atoms with van der Waals surface area (Å²) in [5.74, 6) is 3.15. The number of imidazole rings is 3. The summed E-state index contributed by atoms with van der Waals surface area (Å²) in [6.45, 7) is 20.6. The molecule has 0 radical (unpaired) electrons. The van der Waals surface area contributed by atoms with Crippen molar-refractivity contribution in [2.45, 2.75) is 97.8 Å². The van der Waals surface area contributed by atoms with Crippen LogP contribution in [0.1, 0.15) is 41.5 Å². The van der Waals surface area contributed by atoms with E-state index in [-0.39, 0.29) is 99.2 Å². The second kappa shape index (κ2) is 33.2. The van der Waals surface area contributed by atoms with E-state index in [9.17, 15) is 49.1 Å². The molecule has 9 aromatic rings. The van der Waals surface area contributed by atoms with Crippen LogP contribution in [-0.4, -0.2) is 304 Å². The van der Waals surface area contributed by atoms with Gasteiger partial charge in [0, 0.05) is 187 Å². The number of carbonyl (C=O) groups is 2. The molecule has 35 nitrogen and oxygen atoms in total. The van der Waals surface area contributed by atoms with Crippen molar-refractivity contribution in [3.63, 3.8) is 0 Å². The number of hydrogen-bond acceptors (Lipinski definition) is 30. The number of fused-ring (bicyclic) bond motifs is 3. The average Bonchev–Trinajstić information content (AvgIpc) is 1.61. The fourth-order valence-electron chi connectivity index (χ4n) is 14.5. The van der Waals surface area contributed by atoms with Crippen LogP contribution in [0.2, 0.25) is 0 Å². The number of nitrogens with one attached hydrogen (secondary N) is 2. The number of amides is 2. The Bertz CT molecular complexity index is 4660. The number of anilines is 9. The normalized spacial score (nSPS) is 18.9. The zero-order valence-corrected chi connectivity index (χ0v) is 63.5. The van der Waals surface area contributed by atoms with E-state index in [0.717, 1.165) is 19.4 Å². The highest BCUT2D eigenvalue weighted by molar-refractivity contribution is 5.91. The van der Waals surface area contributed by atoms with Crippen LogP contribution in [0.15, 0.2) is 49.5 Å². The fourth-order valence-corrected chi connectivity index (χ4v) is 14.5. The van der Waals surface area contributed by atoms with E-state index < -0.39 is 38.2 Å². The topological polar surface area (TPSA) is 349 Å². The Morgan fingerprint density at radius 2 is 0.690 bits per heavy atom. The lowest BCUT2D eigenvalue weighted by Crippen LogP contribution is -2.54. The number of alkyl halides is 9. The molecule has 0 saturated carbocycles. The molecule has 0 spiro atoms. The number of nitrogens with two attached hydrogens (primary N) is 1. The second-order valence-electron chi connectivity index (χ2n) is 27.9. The van der Waals surface area contributed by atoms with E-state index in [1.54, 1.807) is 46.1 Å². The summed E-state index contributed by atoms with van der Waals surface area (Å²) in [6.07, 6.45) is -4.51. The average molecular weight is 1590 g/mol. The van der Waals surface area contributed by atoms with Crippen LogP contribution < -0.4 is 45.8 Å². The highest BCUT2D eigenvalue weighted by Crippen LogP contribution is 2.39. The minimum absolute atomic E-state index is 0.0530. The van der Waals surface area contributed by atoms with E-state index in [0.29, 0.717) is 189 Å². The Labute approximate surface area is 641 Å². The van der Waals surface area contributed by atoms with Crippen LogP contribution in [0, 0.1) is 0 Å². The summed E-state index contributed by atoms with van der Waals surface area (Å²) in [5, 5.41) is 5.68. The summed E-state index contributed by atoms with van der Waals surface area (Å²) in [5.41, 5.74) is 9.03. The van der Waals surface area contributed by atoms with Gasteiger partial charge < -0.3 is 74.7 Å². The molecule has 9 aromatic heterocycles. The van der Waals surface area contributed by atoms with Crippen molar-refractivity contribution in [3.8, 4) is 34.2 Å². The van der Waals surface area contributed by atoms with Gasteiger partial charge in [0.15, 0.2) is 68.4 Å². The summed E-state index contributed by atoms with van der Waals surface area (Å²) in [4.78, 5) is 108. The predicted octanol–water partition coefficient (Wildman–Crippen LogP) is 5.87. The highest BCUT2D eigenvalue weighted by atomic mass is 19.4. The largest absolute Gasteiger partial charge is 0.406 e. The number of aromatic nitrogens is 18. The third-order valence-electron chi connectivity index (χ3n) is 19.8. The molecular weight excluding hydrogens is 1500 g/mol. The van der Waals surface area contributed by atoms with Gasteiger partial charge in [-0.3, -0.25) is 23.3 Å². The summed E-state index contributed by atoms with van der Waals surface area (Å²) in [6, 6.07) is -0.329. The number of nitrogens with zero attached hydrogens (tertiary/aromatic N) is 27. The van der Waals surface area contributed by atoms with Gasteiger partial charge in [0.2, 0.25) is 47.5 Å². The van der Waals surface area contributed by atoms with Crippen molar-refractivity contribution in [2.75, 3.05) is 198 Å². The van der Waals surface area contributed by atoms with Crippen molar-refractivity contribution in [1.29, 1.82) is 0 Å². The minimum atomic E-state index is -4.52. The van der Waals surface area contributed by atoms with Gasteiger partial charge in [0.1, 0.15) is 19.6 Å². The Balaban J connectivity index is 0.000000148. The lowest BCUT2D eigenvalue weighted by molar-refractivity contribution is -0.140. The first-order valence-corrected chi connectivity index (χ1v) is 36.7. The van der Waals surface area contributed by atoms with E-state index in [1.165, 1.54) is 38.6 Å². The molecular formula is C69H87F9N30O5. The van der Waals surface area contributed by atoms with Gasteiger partial charge in [0.25, 0.3) is 0 Å². The van der Waals surface area contributed by atoms with E-state index in [4.69, 9.17) is 39.9 Å². The van der Waals surface area contributed by atoms with Gasteiger partial charge >= 0.3 is 18.5 Å². The molecule has 15 rings (SSSR count). The van der Waals surface area contributed by atoms with Gasteiger partial charge in [-0.2, -0.15) is 39.5 Å². The van der Waals surface area contributed by atoms with Crippen LogP contribution in [-0.2, 0) is 43.4 Å². The standard InChI is InChI=1S/C24H31F3N10O.C23H29F3N10O2.C22H27F3N10O2/c1-15(2)36-6-5-35(13-16(36)3)23-31-18-20(34-7-9-38-10-8-34)32-19(17-11-29-22(28-4)30-12-17)33-21(18)37(23)14-24(25,26)27;1-14-12-34(4-5-35(14)15(2)37)22-30-17-19(33-6-8-38-9-7-33)31-18(16-10-28-21(27-3)29-11-16)32-20(17)36(22)13-23(24,25)26;1-13-11-33(3-4-34(13)14(2)36)21-29-16-18(32-5-7-37-8-6-32)30-17(15-9-27-20(26)28-10-15)31-19(16)35(21)12-22(23,24)25/h11-12,16H,1,5-10,13-14H2,2-4H3,(H,28,29,30);10-11,14H,4-9,12-13H2,1-3H3,(H,27,28,29);9-10,13H,3-8,11-12H2,1-2H3,(H2,26,27,28)/t16-;14-;13-/m100/s1. The summed E-state index contributed by atoms with van der Waals surface area (Å²) >= 11 is 0. The number of morpholine rings is 3. The van der Waals surface area contributed by atoms with Crippen LogP contribution in [0.4, 0.5) is 92.7 Å². The number of hydrogen-bond donors (Lipinski definition) is 3. The van der Waals surface area contributed by atoms with Gasteiger partial charge in [-0.25, -0.2) is 74.8 Å². The molecule has 6 saturated heterocycles. The van der Waals surface area contributed by atoms with Gasteiger partial charge in [0.05, 0.1) is 56.3 Å². The molecule has 0 bridgehead atoms. The monoisotopic (exact) mass is 1590 g/mol. The first-order chi connectivity index (χ1) is 53.9. The lowest BCUT2D eigenvalue weighted by atomic mass is 10.2. The second-order valence-corrected chi connectivity index (χ2v) is 27.9. The van der Waals surface area contributed by atoms with Crippen molar-refractivity contribution >= 4 is 98.4 Å². The molecule has 6 fully saturated rings. The molecule has 3 atom stereocenters. The van der Waals surface area contributed by atoms with Crippen molar-refractivity contribution in [1.82, 2.24) is 103 Å². The molecule has 606 valence electrons. The quantitative estimate of drug-likeness (QED) is 0.101. The molecule has 4 N–H and O–H groups in total. The SMILES string of the molecule is C=C(C)N1CCN(c2nc3c(N4CCOCC4)nc(-c4cnc(NC)nc4)nc3n2CC(F)(F)F)C[C@H]1C.CC(=O)N1CCN(c2nc3c(N4CCOCC4)nc(-c4cnc(N)nc4)nc3n2CC(F)(F)F)C[C@@H]1C.CNc1ncc(-c2nc(N3CCOCC3)c3nc(N4CCN(C(C)=O)[C@@H](C)C4)n(CC(F)(F)F)c3n2)cn1. The van der Waals surface area contributed by atoms with Crippen LogP contribution >= 0.6 is 0 Å². The van der Waals surface area contributed by atoms with Crippen LogP contribution in [0.5, 0.6) is 0 Å². The zero-order chi connectivity index (χ0) is 80.4. The maximum atomic E-state index is 13.9. The first-order valence-electron chi connectivity index (χ1n) is 36.7. The Morgan fingerprint density at radius 3 is 0.938 bits per heavy atom. The molecule has 44 heteroatoms. The van der Waals surface area contributed by atoms with Crippen molar-refractivity contribution in [3.05, 3.63) is 49.5 Å². The third-order valence-corrected chi connectivity index (χ3v) is 19.8. The predicted molar refractivity (Wildman–Crippen MR) is 401 cm³/mol. The zero-order valence-electron chi connectivity index (χ0n) is 63.5. The summed E-state index contributed by atoms with van der Waals surface area (Å²) in [7, 11) is 3.38. The van der Waals surface area contributed by atoms with Crippen LogP contribution in [0.25, 0.3) is 67.7 Å². The molecule has 0 unspecified atom stereocenters. The van der Waals surface area contributed by atoms with E-state index in [2.05, 4.69) is 76.9 Å². The number of carbonyl (C=O) groups excluding carboxylic acids is 2. The minimum Gasteiger partial charge on any atom is -0.378 e. The van der Waals surface area contributed by atoms with Crippen molar-refractivity contribution in [2.24, 2.45) is 0 Å². The molecule has 0 aliphatic carbocycles. The van der Waals surface area contributed by atoms with Gasteiger partial charge in [-0.15, -0.1) is 0 Å². The molecule has 2 amide bonds. The smallest absolute Gasteiger partial charge is 0.378 e. The molecule has 0 aromatic carbocycles. The number of nitrogen functional groups attached to an aromatic ring is 1. The third kappa shape index (κ3) is 18.2. The number of ether oxygens (including phenoxy) is 3. The maximum Gasteiger partial charge on any atom is 0.406 e. The lowest BCUT2D eigenvalue weighted by Gasteiger charge is -2.41. The Kier molecular flexibility index (Phi) is 23.5. The number of halogens is 9. The fraction of sp³-hybridized carbons (Fsp3) is 0.551. The highest BCUT2D eigenvalue weighted by Gasteiger charge is 2.41. The molecule has 6 aliphatic rings. The number of rotatable bonds is 15. The van der Waals surface area contributed by atoms with E-state index in [1.807, 2.05) is 47.3 Å². The maximum absolute atomic E-state index is 13.9. The molecule has 113 heavy (non-hydrogen) atoms. The first kappa shape index (κ1) is 79.9. The summed E-state index contributed by atoms with van der Waals surface area (Å²) < 4.78 is 145. The van der Waals surface area contributed by atoms with Gasteiger partial charge in [-0.05, 0) is 27.7 Å². The Morgan fingerprint density at radius 1 is 0.416 bits per heavy atom. The van der Waals surface area contributed by atoms with Gasteiger partial charge in [-0.1, -0.05) is 6.58 Å². The molecule has 15 heterocycles. The van der Waals surface area contributed by atoms with E-state index >= 15 is 0 Å². The molecule has 6 aliphatic heterocycles. The van der Waals surface area contributed by atoms with Crippen molar-refractivity contribution < 1.29 is 63.3 Å². The van der Waals surface area contributed by atoms with Crippen LogP contribution in [0.3, 0.4) is 0 Å². The Hall–Kier alpha value is -11.2.